The van der Waals surface area contributed by atoms with Gasteiger partial charge in [-0.25, -0.2) is 0 Å². The summed E-state index contributed by atoms with van der Waals surface area (Å²) in [5.74, 6) is -0.389. The van der Waals surface area contributed by atoms with E-state index in [4.69, 9.17) is 0 Å². The number of alkyl halides is 3. The summed E-state index contributed by atoms with van der Waals surface area (Å²) in [6, 6.07) is 5.76. The molecule has 0 bridgehead atoms. The van der Waals surface area contributed by atoms with Crippen LogP contribution in [0.2, 0.25) is 0 Å². The summed E-state index contributed by atoms with van der Waals surface area (Å²) in [4.78, 5) is 0. The van der Waals surface area contributed by atoms with E-state index in [0.29, 0.717) is 6.42 Å². The van der Waals surface area contributed by atoms with E-state index in [1.165, 1.54) is 18.2 Å². The van der Waals surface area contributed by atoms with Gasteiger partial charge >= 0.3 is 6.36 Å². The van der Waals surface area contributed by atoms with E-state index in [0.717, 1.165) is 12.8 Å². The van der Waals surface area contributed by atoms with Crippen molar-refractivity contribution in [3.05, 3.63) is 42.0 Å². The fraction of sp³-hybridized carbons (Fsp3) is 0.429. The predicted molar refractivity (Wildman–Crippen MR) is 64.6 cm³/mol. The Morgan fingerprint density at radius 1 is 1.21 bits per heavy atom. The third-order valence-electron chi connectivity index (χ3n) is 3.22. The topological polar surface area (TPSA) is 29.5 Å². The van der Waals surface area contributed by atoms with Crippen LogP contribution in [-0.2, 0) is 0 Å². The third-order valence-corrected chi connectivity index (χ3v) is 3.22. The largest absolute Gasteiger partial charge is 0.573 e. The summed E-state index contributed by atoms with van der Waals surface area (Å²) < 4.78 is 40.9. The number of halogens is 3. The molecule has 0 fully saturated rings. The van der Waals surface area contributed by atoms with Crippen LogP contribution in [0, 0.1) is 5.92 Å². The van der Waals surface area contributed by atoms with E-state index in [1.54, 1.807) is 6.07 Å². The highest BCUT2D eigenvalue weighted by molar-refractivity contribution is 5.35. The summed E-state index contributed by atoms with van der Waals surface area (Å²) >= 11 is 0. The van der Waals surface area contributed by atoms with E-state index >= 15 is 0 Å². The van der Waals surface area contributed by atoms with E-state index in [2.05, 4.69) is 4.74 Å². The first kappa shape index (κ1) is 13.9. The molecular formula is C14H15F3O2. The Kier molecular flexibility index (Phi) is 4.14. The first-order chi connectivity index (χ1) is 8.97. The number of para-hydroxylation sites is 1. The van der Waals surface area contributed by atoms with Gasteiger partial charge in [0.25, 0.3) is 0 Å². The molecule has 1 aromatic rings. The second-order valence-electron chi connectivity index (χ2n) is 4.58. The molecule has 2 nitrogen and oxygen atoms in total. The van der Waals surface area contributed by atoms with Gasteiger partial charge in [0.05, 0.1) is 6.10 Å². The SMILES string of the molecule is OC(c1ccccc1OC(F)(F)F)C1CC=CCC1. The van der Waals surface area contributed by atoms with Crippen molar-refractivity contribution in [2.45, 2.75) is 31.7 Å². The number of aliphatic hydroxyl groups excluding tert-OH is 1. The molecule has 0 heterocycles. The molecule has 0 aromatic heterocycles. The smallest absolute Gasteiger partial charge is 0.405 e. The van der Waals surface area contributed by atoms with Crippen molar-refractivity contribution in [2.75, 3.05) is 0 Å². The number of benzene rings is 1. The van der Waals surface area contributed by atoms with E-state index < -0.39 is 12.5 Å². The molecule has 104 valence electrons. The summed E-state index contributed by atoms with van der Waals surface area (Å²) in [6.07, 6.45) is 0.543. The molecule has 0 radical (unpaired) electrons. The second kappa shape index (κ2) is 5.65. The first-order valence-corrected chi connectivity index (χ1v) is 6.15. The number of hydrogen-bond acceptors (Lipinski definition) is 2. The molecule has 1 aliphatic rings. The van der Waals surface area contributed by atoms with Gasteiger partial charge in [0.15, 0.2) is 0 Å². The molecule has 2 rings (SSSR count). The number of aliphatic hydroxyl groups is 1. The molecule has 0 aliphatic heterocycles. The van der Waals surface area contributed by atoms with Gasteiger partial charge in [-0.3, -0.25) is 0 Å². The first-order valence-electron chi connectivity index (χ1n) is 6.15. The molecule has 5 heteroatoms. The number of hydrogen-bond donors (Lipinski definition) is 1. The van der Waals surface area contributed by atoms with E-state index in [9.17, 15) is 18.3 Å². The zero-order valence-corrected chi connectivity index (χ0v) is 10.2. The zero-order valence-electron chi connectivity index (χ0n) is 10.2. The molecular weight excluding hydrogens is 257 g/mol. The number of rotatable bonds is 3. The van der Waals surface area contributed by atoms with Crippen molar-refractivity contribution in [1.82, 2.24) is 0 Å². The van der Waals surface area contributed by atoms with Crippen LogP contribution in [0.15, 0.2) is 36.4 Å². The molecule has 1 N–H and O–H groups in total. The van der Waals surface area contributed by atoms with Crippen LogP contribution in [0.3, 0.4) is 0 Å². The summed E-state index contributed by atoms with van der Waals surface area (Å²) in [5.41, 5.74) is 0.195. The molecule has 0 spiro atoms. The van der Waals surface area contributed by atoms with Gasteiger partial charge in [-0.05, 0) is 31.2 Å². The molecule has 2 unspecified atom stereocenters. The lowest BCUT2D eigenvalue weighted by molar-refractivity contribution is -0.275. The fourth-order valence-corrected chi connectivity index (χ4v) is 2.30. The Labute approximate surface area is 109 Å². The lowest BCUT2D eigenvalue weighted by Crippen LogP contribution is -2.20. The minimum absolute atomic E-state index is 0.0667. The Bertz CT molecular complexity index is 454. The van der Waals surface area contributed by atoms with Crippen molar-refractivity contribution in [3.63, 3.8) is 0 Å². The Morgan fingerprint density at radius 3 is 2.58 bits per heavy atom. The Hall–Kier alpha value is -1.49. The van der Waals surface area contributed by atoms with Gasteiger partial charge in [-0.2, -0.15) is 0 Å². The predicted octanol–water partition coefficient (Wildman–Crippen LogP) is 3.97. The van der Waals surface area contributed by atoms with Crippen molar-refractivity contribution in [1.29, 1.82) is 0 Å². The minimum atomic E-state index is -4.75. The number of ether oxygens (including phenoxy) is 1. The average Bonchev–Trinajstić information content (AvgIpc) is 2.38. The van der Waals surface area contributed by atoms with Crippen LogP contribution in [0.4, 0.5) is 13.2 Å². The molecule has 1 aliphatic carbocycles. The van der Waals surface area contributed by atoms with Crippen molar-refractivity contribution < 1.29 is 23.0 Å². The second-order valence-corrected chi connectivity index (χ2v) is 4.58. The van der Waals surface area contributed by atoms with E-state index in [1.807, 2.05) is 12.2 Å². The van der Waals surface area contributed by atoms with Crippen LogP contribution < -0.4 is 4.74 Å². The molecule has 0 saturated carbocycles. The lowest BCUT2D eigenvalue weighted by atomic mass is 9.86. The maximum atomic E-state index is 12.3. The van der Waals surface area contributed by atoms with Crippen molar-refractivity contribution in [3.8, 4) is 5.75 Å². The fourth-order valence-electron chi connectivity index (χ4n) is 2.30. The lowest BCUT2D eigenvalue weighted by Gasteiger charge is -2.25. The van der Waals surface area contributed by atoms with Crippen LogP contribution in [0.5, 0.6) is 5.75 Å². The molecule has 19 heavy (non-hydrogen) atoms. The van der Waals surface area contributed by atoms with Crippen LogP contribution in [-0.4, -0.2) is 11.5 Å². The van der Waals surface area contributed by atoms with Gasteiger partial charge in [-0.15, -0.1) is 13.2 Å². The summed E-state index contributed by atoms with van der Waals surface area (Å²) in [7, 11) is 0. The standard InChI is InChI=1S/C14H15F3O2/c15-14(16,17)19-12-9-5-4-8-11(12)13(18)10-6-2-1-3-7-10/h1-2,4-5,8-10,13,18H,3,6-7H2. The van der Waals surface area contributed by atoms with Gasteiger partial charge in [0.2, 0.25) is 0 Å². The molecule has 2 atom stereocenters. The van der Waals surface area contributed by atoms with E-state index in [-0.39, 0.29) is 17.2 Å². The molecule has 0 saturated heterocycles. The van der Waals surface area contributed by atoms with Gasteiger partial charge in [-0.1, -0.05) is 30.4 Å². The van der Waals surface area contributed by atoms with Gasteiger partial charge < -0.3 is 9.84 Å². The maximum Gasteiger partial charge on any atom is 0.573 e. The Balaban J connectivity index is 2.21. The molecule has 0 amide bonds. The highest BCUT2D eigenvalue weighted by atomic mass is 19.4. The van der Waals surface area contributed by atoms with Gasteiger partial charge in [0.1, 0.15) is 5.75 Å². The highest BCUT2D eigenvalue weighted by Gasteiger charge is 2.33. The average molecular weight is 272 g/mol. The minimum Gasteiger partial charge on any atom is -0.405 e. The van der Waals surface area contributed by atoms with Crippen LogP contribution in [0.25, 0.3) is 0 Å². The summed E-state index contributed by atoms with van der Waals surface area (Å²) in [6.45, 7) is 0. The molecule has 1 aromatic carbocycles. The van der Waals surface area contributed by atoms with Crippen LogP contribution >= 0.6 is 0 Å². The van der Waals surface area contributed by atoms with Gasteiger partial charge in [0, 0.05) is 5.56 Å². The quantitative estimate of drug-likeness (QED) is 0.843. The normalized spacial score (nSPS) is 21.2. The monoisotopic (exact) mass is 272 g/mol. The highest BCUT2D eigenvalue weighted by Crippen LogP contribution is 2.37. The third kappa shape index (κ3) is 3.73. The number of allylic oxidation sites excluding steroid dienone is 2. The van der Waals surface area contributed by atoms with Crippen LogP contribution in [0.1, 0.15) is 30.9 Å². The van der Waals surface area contributed by atoms with Crippen molar-refractivity contribution in [2.24, 2.45) is 5.92 Å². The summed E-state index contributed by atoms with van der Waals surface area (Å²) in [5, 5.41) is 10.2. The zero-order chi connectivity index (χ0) is 13.9. The Morgan fingerprint density at radius 2 is 1.95 bits per heavy atom. The maximum absolute atomic E-state index is 12.3. The van der Waals surface area contributed by atoms with Crippen molar-refractivity contribution >= 4 is 0 Å².